The fraction of sp³-hybridized carbons (Fsp3) is 0.211. The molecule has 4 heterocycles. The molecule has 1 fully saturated rings. The van der Waals surface area contributed by atoms with Crippen LogP contribution in [-0.2, 0) is 13.0 Å². The van der Waals surface area contributed by atoms with E-state index >= 15 is 0 Å². The molecule has 5 rings (SSSR count). The second kappa shape index (κ2) is 7.13. The van der Waals surface area contributed by atoms with E-state index in [1.54, 1.807) is 12.4 Å². The number of carbonyl (C=O) groups is 1. The molecule has 0 bridgehead atoms. The zero-order valence-electron chi connectivity index (χ0n) is 15.1. The van der Waals surface area contributed by atoms with Gasteiger partial charge in [0.2, 0.25) is 0 Å². The minimum absolute atomic E-state index is 0.00859. The number of rotatable bonds is 3. The highest BCUT2D eigenvalue weighted by Gasteiger charge is 2.28. The van der Waals surface area contributed by atoms with Crippen LogP contribution in [0.15, 0.2) is 48.8 Å². The molecule has 0 aliphatic carbocycles. The van der Waals surface area contributed by atoms with Crippen molar-refractivity contribution < 1.29 is 4.79 Å². The summed E-state index contributed by atoms with van der Waals surface area (Å²) in [6.07, 6.45) is 4.06. The summed E-state index contributed by atoms with van der Waals surface area (Å²) < 4.78 is 0. The zero-order valence-corrected chi connectivity index (χ0v) is 15.1. The van der Waals surface area contributed by atoms with Gasteiger partial charge < -0.3 is 9.88 Å². The molecule has 0 atom stereocenters. The van der Waals surface area contributed by atoms with Crippen molar-refractivity contribution in [3.63, 3.8) is 0 Å². The predicted octanol–water partition coefficient (Wildman–Crippen LogP) is 0.786. The SMILES string of the molecule is O=C(c1ccccc1C1NNNN1)N1CCc2nc(-c3cccnc3)[nH]c2C1. The zero-order chi connectivity index (χ0) is 18.9. The number of H-pyrrole nitrogens is 1. The fourth-order valence-electron chi connectivity index (χ4n) is 3.63. The van der Waals surface area contributed by atoms with E-state index in [0.29, 0.717) is 18.7 Å². The van der Waals surface area contributed by atoms with Gasteiger partial charge in [-0.2, -0.15) is 11.1 Å². The molecular formula is C19H20N8O. The molecule has 28 heavy (non-hydrogen) atoms. The molecule has 142 valence electrons. The van der Waals surface area contributed by atoms with Gasteiger partial charge in [-0.25, -0.2) is 15.8 Å². The van der Waals surface area contributed by atoms with E-state index in [-0.39, 0.29) is 12.1 Å². The maximum atomic E-state index is 13.2. The molecule has 0 saturated carbocycles. The molecule has 9 nitrogen and oxygen atoms in total. The van der Waals surface area contributed by atoms with E-state index in [9.17, 15) is 4.79 Å². The summed E-state index contributed by atoms with van der Waals surface area (Å²) in [4.78, 5) is 27.3. The number of nitrogens with zero attached hydrogens (tertiary/aromatic N) is 3. The first-order valence-corrected chi connectivity index (χ1v) is 9.17. The summed E-state index contributed by atoms with van der Waals surface area (Å²) in [6, 6.07) is 11.5. The molecule has 0 unspecified atom stereocenters. The highest BCUT2D eigenvalue weighted by atomic mass is 16.2. The van der Waals surface area contributed by atoms with Crippen molar-refractivity contribution in [2.75, 3.05) is 6.54 Å². The van der Waals surface area contributed by atoms with Crippen molar-refractivity contribution in [1.29, 1.82) is 0 Å². The number of carbonyl (C=O) groups excluding carboxylic acids is 1. The number of aromatic nitrogens is 3. The number of imidazole rings is 1. The summed E-state index contributed by atoms with van der Waals surface area (Å²) in [7, 11) is 0. The minimum Gasteiger partial charge on any atom is -0.340 e. The van der Waals surface area contributed by atoms with Gasteiger partial charge in [-0.1, -0.05) is 18.2 Å². The van der Waals surface area contributed by atoms with Crippen LogP contribution in [0.25, 0.3) is 11.4 Å². The minimum atomic E-state index is -0.190. The van der Waals surface area contributed by atoms with Gasteiger partial charge in [0.25, 0.3) is 5.91 Å². The normalized spacial score (nSPS) is 16.9. The molecular weight excluding hydrogens is 356 g/mol. The topological polar surface area (TPSA) is 110 Å². The van der Waals surface area contributed by atoms with Gasteiger partial charge in [0.1, 0.15) is 12.0 Å². The first-order valence-electron chi connectivity index (χ1n) is 9.17. The standard InChI is InChI=1S/C19H20N8O/c28-19(14-6-2-1-5-13(14)18-23-25-26-24-18)27-9-7-15-16(11-27)22-17(21-15)12-4-3-8-20-10-12/h1-6,8,10,18,23-26H,7,9,11H2,(H,21,22). The van der Waals surface area contributed by atoms with E-state index in [1.807, 2.05) is 41.3 Å². The fourth-order valence-corrected chi connectivity index (χ4v) is 3.63. The first kappa shape index (κ1) is 17.0. The molecule has 1 aromatic carbocycles. The molecule has 0 spiro atoms. The van der Waals surface area contributed by atoms with Crippen molar-refractivity contribution in [3.05, 3.63) is 71.3 Å². The first-order chi connectivity index (χ1) is 13.8. The van der Waals surface area contributed by atoms with E-state index in [2.05, 4.69) is 31.9 Å². The van der Waals surface area contributed by atoms with Gasteiger partial charge >= 0.3 is 0 Å². The highest BCUT2D eigenvalue weighted by molar-refractivity contribution is 5.96. The lowest BCUT2D eigenvalue weighted by molar-refractivity contribution is 0.0730. The van der Waals surface area contributed by atoms with Gasteiger partial charge in [-0.15, -0.1) is 0 Å². The third kappa shape index (κ3) is 3.06. The molecule has 2 aliphatic heterocycles. The van der Waals surface area contributed by atoms with Crippen molar-refractivity contribution in [2.24, 2.45) is 0 Å². The second-order valence-corrected chi connectivity index (χ2v) is 6.79. The second-order valence-electron chi connectivity index (χ2n) is 6.79. The number of hydrogen-bond acceptors (Lipinski definition) is 7. The maximum Gasteiger partial charge on any atom is 0.254 e. The van der Waals surface area contributed by atoms with Crippen molar-refractivity contribution in [3.8, 4) is 11.4 Å². The van der Waals surface area contributed by atoms with Crippen LogP contribution < -0.4 is 21.9 Å². The Kier molecular flexibility index (Phi) is 4.34. The van der Waals surface area contributed by atoms with Crippen LogP contribution in [0.4, 0.5) is 0 Å². The number of fused-ring (bicyclic) bond motifs is 1. The Morgan fingerprint density at radius 1 is 1.11 bits per heavy atom. The lowest BCUT2D eigenvalue weighted by Gasteiger charge is -2.27. The van der Waals surface area contributed by atoms with Crippen LogP contribution in [0, 0.1) is 0 Å². The number of benzene rings is 1. The molecule has 1 amide bonds. The number of nitrogens with one attached hydrogen (secondary N) is 5. The Hall–Kier alpha value is -3.11. The van der Waals surface area contributed by atoms with Crippen LogP contribution in [0.3, 0.4) is 0 Å². The van der Waals surface area contributed by atoms with E-state index in [1.165, 1.54) is 0 Å². The van der Waals surface area contributed by atoms with Gasteiger partial charge in [0.05, 0.1) is 17.9 Å². The van der Waals surface area contributed by atoms with E-state index in [4.69, 9.17) is 4.98 Å². The summed E-state index contributed by atoms with van der Waals surface area (Å²) in [5.41, 5.74) is 16.2. The number of pyridine rings is 1. The van der Waals surface area contributed by atoms with E-state index < -0.39 is 0 Å². The van der Waals surface area contributed by atoms with Gasteiger partial charge in [-0.05, 0) is 23.8 Å². The molecule has 2 aliphatic rings. The Bertz CT molecular complexity index is 996. The number of hydrazine groups is 3. The van der Waals surface area contributed by atoms with Gasteiger partial charge in [0.15, 0.2) is 0 Å². The third-order valence-electron chi connectivity index (χ3n) is 5.05. The van der Waals surface area contributed by atoms with Crippen LogP contribution in [-0.4, -0.2) is 32.3 Å². The van der Waals surface area contributed by atoms with Crippen LogP contribution >= 0.6 is 0 Å². The number of aromatic amines is 1. The third-order valence-corrected chi connectivity index (χ3v) is 5.05. The Morgan fingerprint density at radius 2 is 1.96 bits per heavy atom. The van der Waals surface area contributed by atoms with Gasteiger partial charge in [0, 0.05) is 36.5 Å². The molecule has 3 aromatic rings. The number of hydrogen-bond donors (Lipinski definition) is 5. The average molecular weight is 376 g/mol. The molecule has 1 saturated heterocycles. The highest BCUT2D eigenvalue weighted by Crippen LogP contribution is 2.25. The Balaban J connectivity index is 1.39. The van der Waals surface area contributed by atoms with Crippen LogP contribution in [0.2, 0.25) is 0 Å². The van der Waals surface area contributed by atoms with Crippen molar-refractivity contribution in [1.82, 2.24) is 41.8 Å². The maximum absolute atomic E-state index is 13.2. The molecule has 0 radical (unpaired) electrons. The van der Waals surface area contributed by atoms with Crippen LogP contribution in [0.5, 0.6) is 0 Å². The van der Waals surface area contributed by atoms with Gasteiger partial charge in [-0.3, -0.25) is 9.78 Å². The van der Waals surface area contributed by atoms with E-state index in [0.717, 1.165) is 34.8 Å². The quantitative estimate of drug-likeness (QED) is 0.460. The molecule has 5 N–H and O–H groups in total. The van der Waals surface area contributed by atoms with Crippen molar-refractivity contribution >= 4 is 5.91 Å². The molecule has 9 heteroatoms. The average Bonchev–Trinajstić information content (AvgIpc) is 3.43. The molecule has 2 aromatic heterocycles. The number of amides is 1. The Morgan fingerprint density at radius 3 is 2.79 bits per heavy atom. The smallest absolute Gasteiger partial charge is 0.254 e. The Labute approximate surface area is 161 Å². The lowest BCUT2D eigenvalue weighted by atomic mass is 10.0. The predicted molar refractivity (Wildman–Crippen MR) is 102 cm³/mol. The van der Waals surface area contributed by atoms with Crippen molar-refractivity contribution in [2.45, 2.75) is 19.1 Å². The summed E-state index contributed by atoms with van der Waals surface area (Å²) in [6.45, 7) is 1.15. The summed E-state index contributed by atoms with van der Waals surface area (Å²) in [5, 5.41) is 0. The summed E-state index contributed by atoms with van der Waals surface area (Å²) in [5.74, 6) is 0.804. The summed E-state index contributed by atoms with van der Waals surface area (Å²) >= 11 is 0. The largest absolute Gasteiger partial charge is 0.340 e. The monoisotopic (exact) mass is 376 g/mol. The van der Waals surface area contributed by atoms with Crippen LogP contribution in [0.1, 0.15) is 33.5 Å². The lowest BCUT2D eigenvalue weighted by Crippen LogP contribution is -2.37.